The molecule has 0 radical (unpaired) electrons. The molecule has 0 aliphatic heterocycles. The quantitative estimate of drug-likeness (QED) is 0.789. The maximum absolute atomic E-state index is 5.95. The van der Waals surface area contributed by atoms with Gasteiger partial charge in [-0.3, -0.25) is 0 Å². The molecule has 0 bridgehead atoms. The fraction of sp³-hybridized carbons (Fsp3) is 0.500. The molecule has 1 rings (SSSR count). The Morgan fingerprint density at radius 2 is 1.71 bits per heavy atom. The zero-order chi connectivity index (χ0) is 13.2. The zero-order valence-electron chi connectivity index (χ0n) is 11.8. The standard InChI is InChI=1S/C16H25N/c1-7-14(17)10-15-11(2)8-13(9-12(15)3)16(4,5)6/h7-9,14H,1,10,17H2,2-6H3. The van der Waals surface area contributed by atoms with Gasteiger partial charge in [-0.05, 0) is 47.9 Å². The molecule has 0 fully saturated rings. The van der Waals surface area contributed by atoms with Crippen molar-refractivity contribution in [3.05, 3.63) is 47.0 Å². The largest absolute Gasteiger partial charge is 0.324 e. The lowest BCUT2D eigenvalue weighted by atomic mass is 9.83. The average Bonchev–Trinajstić information content (AvgIpc) is 2.21. The van der Waals surface area contributed by atoms with E-state index in [1.165, 1.54) is 22.3 Å². The van der Waals surface area contributed by atoms with Crippen molar-refractivity contribution in [3.8, 4) is 0 Å². The van der Waals surface area contributed by atoms with E-state index in [2.05, 4.69) is 53.3 Å². The molecule has 0 aliphatic rings. The van der Waals surface area contributed by atoms with E-state index >= 15 is 0 Å². The first kappa shape index (κ1) is 14.0. The number of nitrogens with two attached hydrogens (primary N) is 1. The van der Waals surface area contributed by atoms with Crippen molar-refractivity contribution in [2.45, 2.75) is 52.5 Å². The lowest BCUT2D eigenvalue weighted by Crippen LogP contribution is -2.21. The first-order chi connectivity index (χ1) is 7.75. The smallest absolute Gasteiger partial charge is 0.0262 e. The highest BCUT2D eigenvalue weighted by Gasteiger charge is 2.16. The van der Waals surface area contributed by atoms with E-state index in [1.54, 1.807) is 0 Å². The Morgan fingerprint density at radius 1 is 1.24 bits per heavy atom. The number of hydrogen-bond donors (Lipinski definition) is 1. The summed E-state index contributed by atoms with van der Waals surface area (Å²) in [6, 6.07) is 4.63. The van der Waals surface area contributed by atoms with Crippen LogP contribution in [0.3, 0.4) is 0 Å². The van der Waals surface area contributed by atoms with Crippen LogP contribution in [0.2, 0.25) is 0 Å². The number of hydrogen-bond acceptors (Lipinski definition) is 1. The summed E-state index contributed by atoms with van der Waals surface area (Å²) in [5, 5.41) is 0. The normalized spacial score (nSPS) is 13.5. The summed E-state index contributed by atoms with van der Waals surface area (Å²) < 4.78 is 0. The minimum atomic E-state index is 0.0490. The second-order valence-corrected chi connectivity index (χ2v) is 5.94. The lowest BCUT2D eigenvalue weighted by molar-refractivity contribution is 0.588. The van der Waals surface area contributed by atoms with Gasteiger partial charge in [0.15, 0.2) is 0 Å². The molecule has 1 aromatic rings. The number of benzene rings is 1. The van der Waals surface area contributed by atoms with Crippen LogP contribution in [0, 0.1) is 13.8 Å². The van der Waals surface area contributed by atoms with Crippen molar-refractivity contribution in [1.82, 2.24) is 0 Å². The molecule has 1 unspecified atom stereocenters. The predicted molar refractivity (Wildman–Crippen MR) is 76.5 cm³/mol. The van der Waals surface area contributed by atoms with E-state index in [-0.39, 0.29) is 11.5 Å². The second kappa shape index (κ2) is 5.05. The van der Waals surface area contributed by atoms with E-state index in [0.29, 0.717) is 0 Å². The average molecular weight is 231 g/mol. The Hall–Kier alpha value is -1.08. The predicted octanol–water partition coefficient (Wildman–Crippen LogP) is 3.66. The van der Waals surface area contributed by atoms with Gasteiger partial charge in [-0.2, -0.15) is 0 Å². The maximum atomic E-state index is 5.95. The Bertz CT molecular complexity index is 387. The summed E-state index contributed by atoms with van der Waals surface area (Å²) in [5.74, 6) is 0. The van der Waals surface area contributed by atoms with Gasteiger partial charge in [-0.1, -0.05) is 39.0 Å². The van der Waals surface area contributed by atoms with Crippen molar-refractivity contribution in [2.75, 3.05) is 0 Å². The summed E-state index contributed by atoms with van der Waals surface area (Å²) in [6.45, 7) is 14.8. The Labute approximate surface area is 106 Å². The van der Waals surface area contributed by atoms with Crippen LogP contribution in [0.25, 0.3) is 0 Å². The molecule has 0 amide bonds. The van der Waals surface area contributed by atoms with Gasteiger partial charge in [0.2, 0.25) is 0 Å². The van der Waals surface area contributed by atoms with Crippen molar-refractivity contribution in [1.29, 1.82) is 0 Å². The van der Waals surface area contributed by atoms with Gasteiger partial charge < -0.3 is 5.73 Å². The van der Waals surface area contributed by atoms with Gasteiger partial charge in [0.05, 0.1) is 0 Å². The third kappa shape index (κ3) is 3.44. The lowest BCUT2D eigenvalue weighted by Gasteiger charge is -2.23. The van der Waals surface area contributed by atoms with Crippen LogP contribution in [0.4, 0.5) is 0 Å². The zero-order valence-corrected chi connectivity index (χ0v) is 11.8. The SMILES string of the molecule is C=CC(N)Cc1c(C)cc(C(C)(C)C)cc1C. The van der Waals surface area contributed by atoms with E-state index in [0.717, 1.165) is 6.42 Å². The van der Waals surface area contributed by atoms with Gasteiger partial charge in [-0.15, -0.1) is 6.58 Å². The van der Waals surface area contributed by atoms with Gasteiger partial charge in [0, 0.05) is 6.04 Å². The molecule has 2 N–H and O–H groups in total. The van der Waals surface area contributed by atoms with Crippen LogP contribution in [0.15, 0.2) is 24.8 Å². The van der Waals surface area contributed by atoms with Gasteiger partial charge in [-0.25, -0.2) is 0 Å². The maximum Gasteiger partial charge on any atom is 0.0262 e. The molecule has 1 aromatic carbocycles. The molecule has 0 saturated heterocycles. The third-order valence-corrected chi connectivity index (χ3v) is 3.30. The van der Waals surface area contributed by atoms with Crippen LogP contribution < -0.4 is 5.73 Å². The molecule has 17 heavy (non-hydrogen) atoms. The van der Waals surface area contributed by atoms with Gasteiger partial charge >= 0.3 is 0 Å². The minimum absolute atomic E-state index is 0.0490. The monoisotopic (exact) mass is 231 g/mol. The molecule has 1 nitrogen and oxygen atoms in total. The highest BCUT2D eigenvalue weighted by atomic mass is 14.6. The Morgan fingerprint density at radius 3 is 2.06 bits per heavy atom. The number of rotatable bonds is 3. The minimum Gasteiger partial charge on any atom is -0.324 e. The summed E-state index contributed by atoms with van der Waals surface area (Å²) in [7, 11) is 0. The third-order valence-electron chi connectivity index (χ3n) is 3.30. The van der Waals surface area contributed by atoms with Crippen molar-refractivity contribution < 1.29 is 0 Å². The van der Waals surface area contributed by atoms with Crippen LogP contribution in [0.1, 0.15) is 43.0 Å². The highest BCUT2D eigenvalue weighted by molar-refractivity contribution is 5.41. The Balaban J connectivity index is 3.15. The second-order valence-electron chi connectivity index (χ2n) is 5.94. The van der Waals surface area contributed by atoms with Crippen LogP contribution in [-0.4, -0.2) is 6.04 Å². The topological polar surface area (TPSA) is 26.0 Å². The molecule has 1 atom stereocenters. The van der Waals surface area contributed by atoms with Gasteiger partial charge in [0.1, 0.15) is 0 Å². The summed E-state index contributed by atoms with van der Waals surface area (Å²) in [6.07, 6.45) is 2.70. The molecule has 0 aromatic heterocycles. The fourth-order valence-electron chi connectivity index (χ4n) is 2.07. The molecular formula is C16H25N. The van der Waals surface area contributed by atoms with E-state index in [9.17, 15) is 0 Å². The molecule has 0 spiro atoms. The molecule has 0 saturated carbocycles. The molecule has 0 heterocycles. The van der Waals surface area contributed by atoms with Gasteiger partial charge in [0.25, 0.3) is 0 Å². The molecule has 94 valence electrons. The first-order valence-electron chi connectivity index (χ1n) is 6.24. The molecule has 0 aliphatic carbocycles. The van der Waals surface area contributed by atoms with Crippen molar-refractivity contribution in [3.63, 3.8) is 0 Å². The van der Waals surface area contributed by atoms with Crippen molar-refractivity contribution >= 4 is 0 Å². The van der Waals surface area contributed by atoms with E-state index in [4.69, 9.17) is 5.73 Å². The highest BCUT2D eigenvalue weighted by Crippen LogP contribution is 2.27. The summed E-state index contributed by atoms with van der Waals surface area (Å²) >= 11 is 0. The molecule has 1 heteroatoms. The first-order valence-corrected chi connectivity index (χ1v) is 6.24. The Kier molecular flexibility index (Phi) is 4.16. The summed E-state index contributed by atoms with van der Waals surface area (Å²) in [4.78, 5) is 0. The van der Waals surface area contributed by atoms with Crippen LogP contribution in [-0.2, 0) is 11.8 Å². The van der Waals surface area contributed by atoms with Crippen LogP contribution in [0.5, 0.6) is 0 Å². The fourth-order valence-corrected chi connectivity index (χ4v) is 2.07. The number of aryl methyl sites for hydroxylation is 2. The van der Waals surface area contributed by atoms with Crippen molar-refractivity contribution in [2.24, 2.45) is 5.73 Å². The van der Waals surface area contributed by atoms with E-state index < -0.39 is 0 Å². The molecular weight excluding hydrogens is 206 g/mol. The van der Waals surface area contributed by atoms with E-state index in [1.807, 2.05) is 6.08 Å². The summed E-state index contributed by atoms with van der Waals surface area (Å²) in [5.41, 5.74) is 11.6. The van der Waals surface area contributed by atoms with Crippen LogP contribution >= 0.6 is 0 Å².